The van der Waals surface area contributed by atoms with E-state index in [2.05, 4.69) is 0 Å². The molecule has 0 unspecified atom stereocenters. The Morgan fingerprint density at radius 3 is 2.60 bits per heavy atom. The largest absolute Gasteiger partial charge is 0.451 e. The molecule has 2 heterocycles. The van der Waals surface area contributed by atoms with Crippen molar-refractivity contribution in [2.75, 3.05) is 19.7 Å². The average molecular weight is 318 g/mol. The fourth-order valence-corrected chi connectivity index (χ4v) is 3.03. The second kappa shape index (κ2) is 6.56. The normalized spacial score (nSPS) is 22.6. The fourth-order valence-electron chi connectivity index (χ4n) is 2.10. The molecule has 2 atom stereocenters. The van der Waals surface area contributed by atoms with Gasteiger partial charge in [-0.3, -0.25) is 4.79 Å². The minimum Gasteiger partial charge on any atom is -0.451 e. The molecular formula is C13H16ClNO4S. The highest BCUT2D eigenvalue weighted by Gasteiger charge is 2.26. The summed E-state index contributed by atoms with van der Waals surface area (Å²) in [5.74, 6) is -0.729. The summed E-state index contributed by atoms with van der Waals surface area (Å²) in [4.78, 5) is 25.8. The van der Waals surface area contributed by atoms with Crippen molar-refractivity contribution in [3.05, 3.63) is 21.3 Å². The van der Waals surface area contributed by atoms with Crippen molar-refractivity contribution in [1.82, 2.24) is 4.90 Å². The van der Waals surface area contributed by atoms with Crippen molar-refractivity contribution >= 4 is 34.8 Å². The summed E-state index contributed by atoms with van der Waals surface area (Å²) in [5, 5.41) is 0. The molecule has 0 N–H and O–H groups in total. The first kappa shape index (κ1) is 15.3. The third kappa shape index (κ3) is 3.94. The zero-order chi connectivity index (χ0) is 14.7. The van der Waals surface area contributed by atoms with Crippen molar-refractivity contribution in [2.24, 2.45) is 0 Å². The van der Waals surface area contributed by atoms with Crippen LogP contribution in [0, 0.1) is 0 Å². The number of hydrogen-bond donors (Lipinski definition) is 0. The molecule has 1 aliphatic heterocycles. The topological polar surface area (TPSA) is 55.8 Å². The average Bonchev–Trinajstić information content (AvgIpc) is 2.81. The van der Waals surface area contributed by atoms with Gasteiger partial charge in [-0.15, -0.1) is 11.3 Å². The van der Waals surface area contributed by atoms with Gasteiger partial charge in [-0.2, -0.15) is 0 Å². The molecule has 1 aromatic rings. The van der Waals surface area contributed by atoms with E-state index < -0.39 is 5.97 Å². The van der Waals surface area contributed by atoms with Gasteiger partial charge in [-0.05, 0) is 26.0 Å². The summed E-state index contributed by atoms with van der Waals surface area (Å²) in [7, 11) is 0. The zero-order valence-corrected chi connectivity index (χ0v) is 12.9. The number of carbonyl (C=O) groups is 2. The van der Waals surface area contributed by atoms with Crippen molar-refractivity contribution in [2.45, 2.75) is 26.1 Å². The highest BCUT2D eigenvalue weighted by molar-refractivity contribution is 7.17. The van der Waals surface area contributed by atoms with Crippen LogP contribution in [0.15, 0.2) is 12.1 Å². The quantitative estimate of drug-likeness (QED) is 0.802. The van der Waals surface area contributed by atoms with Crippen LogP contribution in [0.1, 0.15) is 23.5 Å². The van der Waals surface area contributed by atoms with E-state index in [9.17, 15) is 9.59 Å². The molecule has 1 aromatic heterocycles. The smallest absolute Gasteiger partial charge is 0.348 e. The number of hydrogen-bond acceptors (Lipinski definition) is 5. The summed E-state index contributed by atoms with van der Waals surface area (Å²) >= 11 is 6.87. The number of carbonyl (C=O) groups excluding carboxylic acids is 2. The summed E-state index contributed by atoms with van der Waals surface area (Å²) in [6.07, 6.45) is -0.0102. The van der Waals surface area contributed by atoms with Gasteiger partial charge in [-0.25, -0.2) is 4.79 Å². The Morgan fingerprint density at radius 2 is 2.05 bits per heavy atom. The number of rotatable bonds is 3. The molecule has 0 aromatic carbocycles. The van der Waals surface area contributed by atoms with Crippen molar-refractivity contribution < 1.29 is 19.1 Å². The molecule has 1 amide bonds. The molecule has 2 rings (SSSR count). The Labute approximate surface area is 126 Å². The lowest BCUT2D eigenvalue weighted by Gasteiger charge is -2.35. The lowest BCUT2D eigenvalue weighted by atomic mass is 10.2. The molecule has 0 spiro atoms. The van der Waals surface area contributed by atoms with E-state index in [0.29, 0.717) is 22.3 Å². The Balaban J connectivity index is 1.84. The fraction of sp³-hybridized carbons (Fsp3) is 0.538. The van der Waals surface area contributed by atoms with E-state index in [1.165, 1.54) is 0 Å². The number of amides is 1. The van der Waals surface area contributed by atoms with Crippen LogP contribution in [0.25, 0.3) is 0 Å². The lowest BCUT2D eigenvalue weighted by molar-refractivity contribution is -0.146. The van der Waals surface area contributed by atoms with E-state index in [-0.39, 0.29) is 24.7 Å². The van der Waals surface area contributed by atoms with Crippen molar-refractivity contribution in [3.8, 4) is 0 Å². The van der Waals surface area contributed by atoms with Crippen LogP contribution in [0.3, 0.4) is 0 Å². The van der Waals surface area contributed by atoms with Gasteiger partial charge in [0.1, 0.15) is 4.88 Å². The Hall–Kier alpha value is -1.11. The minimum absolute atomic E-state index is 0.00509. The van der Waals surface area contributed by atoms with E-state index in [4.69, 9.17) is 21.1 Å². The molecule has 0 aliphatic carbocycles. The van der Waals surface area contributed by atoms with Gasteiger partial charge >= 0.3 is 5.97 Å². The molecule has 1 saturated heterocycles. The summed E-state index contributed by atoms with van der Waals surface area (Å²) < 4.78 is 11.1. The molecule has 5 nitrogen and oxygen atoms in total. The van der Waals surface area contributed by atoms with Gasteiger partial charge in [0.05, 0.1) is 16.5 Å². The van der Waals surface area contributed by atoms with Crippen LogP contribution in [0.4, 0.5) is 0 Å². The molecule has 0 saturated carbocycles. The maximum absolute atomic E-state index is 12.0. The predicted octanol–water partition coefficient (Wildman–Crippen LogP) is 2.19. The van der Waals surface area contributed by atoms with E-state index in [1.807, 2.05) is 13.8 Å². The number of halogens is 1. The maximum atomic E-state index is 12.0. The van der Waals surface area contributed by atoms with Crippen LogP contribution in [0.5, 0.6) is 0 Å². The SMILES string of the molecule is C[C@H]1CN(C(=O)COC(=O)c2ccc(Cl)s2)C[C@H](C)O1. The zero-order valence-electron chi connectivity index (χ0n) is 11.3. The minimum atomic E-state index is -0.524. The van der Waals surface area contributed by atoms with Crippen molar-refractivity contribution in [1.29, 1.82) is 0 Å². The van der Waals surface area contributed by atoms with Gasteiger partial charge < -0.3 is 14.4 Å². The van der Waals surface area contributed by atoms with Gasteiger partial charge in [0.25, 0.3) is 5.91 Å². The lowest BCUT2D eigenvalue weighted by Crippen LogP contribution is -2.49. The van der Waals surface area contributed by atoms with Crippen LogP contribution in [0.2, 0.25) is 4.34 Å². The van der Waals surface area contributed by atoms with Crippen LogP contribution >= 0.6 is 22.9 Å². The number of thiophene rings is 1. The van der Waals surface area contributed by atoms with Gasteiger partial charge in [0.2, 0.25) is 0 Å². The number of ether oxygens (including phenoxy) is 2. The van der Waals surface area contributed by atoms with Gasteiger partial charge in [-0.1, -0.05) is 11.6 Å². The Bertz CT molecular complexity index is 494. The molecule has 1 fully saturated rings. The third-order valence-corrected chi connectivity index (χ3v) is 4.08. The van der Waals surface area contributed by atoms with Crippen LogP contribution in [-0.4, -0.2) is 48.7 Å². The van der Waals surface area contributed by atoms with Gasteiger partial charge in [0, 0.05) is 13.1 Å². The molecule has 1 aliphatic rings. The number of morpholine rings is 1. The third-order valence-electron chi connectivity index (χ3n) is 2.87. The molecule has 0 radical (unpaired) electrons. The molecular weight excluding hydrogens is 302 g/mol. The van der Waals surface area contributed by atoms with Crippen molar-refractivity contribution in [3.63, 3.8) is 0 Å². The van der Waals surface area contributed by atoms with E-state index in [0.717, 1.165) is 11.3 Å². The highest BCUT2D eigenvalue weighted by Crippen LogP contribution is 2.22. The number of esters is 1. The second-order valence-electron chi connectivity index (χ2n) is 4.74. The molecule has 110 valence electrons. The first-order chi connectivity index (χ1) is 9.45. The Kier molecular flexibility index (Phi) is 5.01. The highest BCUT2D eigenvalue weighted by atomic mass is 35.5. The molecule has 7 heteroatoms. The molecule has 0 bridgehead atoms. The van der Waals surface area contributed by atoms with E-state index >= 15 is 0 Å². The summed E-state index contributed by atoms with van der Waals surface area (Å²) in [6.45, 7) is 4.61. The van der Waals surface area contributed by atoms with E-state index in [1.54, 1.807) is 17.0 Å². The predicted molar refractivity (Wildman–Crippen MR) is 76.2 cm³/mol. The molecule has 20 heavy (non-hydrogen) atoms. The van der Waals surface area contributed by atoms with Gasteiger partial charge in [0.15, 0.2) is 6.61 Å². The summed E-state index contributed by atoms with van der Waals surface area (Å²) in [5.41, 5.74) is 0. The first-order valence-electron chi connectivity index (χ1n) is 6.31. The number of nitrogens with zero attached hydrogens (tertiary/aromatic N) is 1. The Morgan fingerprint density at radius 1 is 1.40 bits per heavy atom. The standard InChI is InChI=1S/C13H16ClNO4S/c1-8-5-15(6-9(2)19-8)12(16)7-18-13(17)10-3-4-11(14)20-10/h3-4,8-9H,5-7H2,1-2H3/t8-,9-/m0/s1. The van der Waals surface area contributed by atoms with Crippen LogP contribution in [-0.2, 0) is 14.3 Å². The van der Waals surface area contributed by atoms with Crippen LogP contribution < -0.4 is 0 Å². The first-order valence-corrected chi connectivity index (χ1v) is 7.51. The summed E-state index contributed by atoms with van der Waals surface area (Å²) in [6, 6.07) is 3.20. The second-order valence-corrected chi connectivity index (χ2v) is 6.45. The monoisotopic (exact) mass is 317 g/mol. The maximum Gasteiger partial charge on any atom is 0.348 e.